The molecule has 0 fully saturated rings. The summed E-state index contributed by atoms with van der Waals surface area (Å²) in [6.45, 7) is 2.51. The molecule has 2 heterocycles. The van der Waals surface area contributed by atoms with Gasteiger partial charge in [-0.3, -0.25) is 14.5 Å². The van der Waals surface area contributed by atoms with Gasteiger partial charge in [-0.1, -0.05) is 0 Å². The van der Waals surface area contributed by atoms with Crippen LogP contribution in [0.3, 0.4) is 0 Å². The highest BCUT2D eigenvalue weighted by molar-refractivity contribution is 9.11. The Hall–Kier alpha value is -1.73. The third kappa shape index (κ3) is 2.44. The number of hydrogen-bond donors (Lipinski definition) is 1. The predicted molar refractivity (Wildman–Crippen MR) is 90.1 cm³/mol. The van der Waals surface area contributed by atoms with Crippen molar-refractivity contribution in [3.8, 4) is 5.75 Å². The van der Waals surface area contributed by atoms with Gasteiger partial charge in [-0.15, -0.1) is 0 Å². The summed E-state index contributed by atoms with van der Waals surface area (Å²) in [4.78, 5) is 17.0. The zero-order valence-corrected chi connectivity index (χ0v) is 14.7. The summed E-state index contributed by atoms with van der Waals surface area (Å²) in [7, 11) is 0. The van der Waals surface area contributed by atoms with E-state index in [0.717, 1.165) is 5.39 Å². The van der Waals surface area contributed by atoms with Gasteiger partial charge in [0.05, 0.1) is 15.1 Å². The highest BCUT2D eigenvalue weighted by Crippen LogP contribution is 2.34. The Balaban J connectivity index is 2.21. The molecule has 0 radical (unpaired) electrons. The first-order chi connectivity index (χ1) is 10.5. The number of pyridine rings is 1. The lowest BCUT2D eigenvalue weighted by atomic mass is 10.1. The quantitative estimate of drug-likeness (QED) is 0.647. The second kappa shape index (κ2) is 5.81. The van der Waals surface area contributed by atoms with Crippen molar-refractivity contribution in [1.82, 2.24) is 14.8 Å². The van der Waals surface area contributed by atoms with Gasteiger partial charge in [-0.2, -0.15) is 5.10 Å². The summed E-state index contributed by atoms with van der Waals surface area (Å²) in [5, 5.41) is 15.0. The van der Waals surface area contributed by atoms with Crippen molar-refractivity contribution in [2.45, 2.75) is 13.5 Å². The molecule has 0 atom stereocenters. The van der Waals surface area contributed by atoms with Gasteiger partial charge in [0.1, 0.15) is 17.0 Å². The van der Waals surface area contributed by atoms with Gasteiger partial charge in [-0.05, 0) is 57.0 Å². The Labute approximate surface area is 143 Å². The number of phenolic OH excluding ortho intramolecular Hbond substituents is 1. The molecule has 0 bridgehead atoms. The summed E-state index contributed by atoms with van der Waals surface area (Å²) in [5.74, 6) is -0.0912. The Morgan fingerprint density at radius 1 is 1.32 bits per heavy atom. The molecule has 0 spiro atoms. The number of carbonyl (C=O) groups is 1. The number of fused-ring (bicyclic) bond motifs is 1. The fraction of sp³-hybridized carbons (Fsp3) is 0.133. The first kappa shape index (κ1) is 15.2. The molecular weight excluding hydrogens is 414 g/mol. The zero-order valence-electron chi connectivity index (χ0n) is 11.5. The van der Waals surface area contributed by atoms with Gasteiger partial charge < -0.3 is 5.11 Å². The lowest BCUT2D eigenvalue weighted by molar-refractivity contribution is 0.103. The molecule has 0 unspecified atom stereocenters. The molecule has 5 nitrogen and oxygen atoms in total. The number of nitrogens with zero attached hydrogens (tertiary/aromatic N) is 3. The largest absolute Gasteiger partial charge is 0.506 e. The van der Waals surface area contributed by atoms with Crippen LogP contribution in [-0.2, 0) is 6.54 Å². The topological polar surface area (TPSA) is 68.0 Å². The molecule has 0 saturated carbocycles. The van der Waals surface area contributed by atoms with Crippen LogP contribution in [0.25, 0.3) is 10.9 Å². The van der Waals surface area contributed by atoms with Crippen molar-refractivity contribution in [2.24, 2.45) is 0 Å². The Kier molecular flexibility index (Phi) is 4.01. The normalized spacial score (nSPS) is 11.0. The number of ketones is 1. The van der Waals surface area contributed by atoms with E-state index in [9.17, 15) is 9.90 Å². The van der Waals surface area contributed by atoms with E-state index in [-0.39, 0.29) is 11.5 Å². The van der Waals surface area contributed by atoms with E-state index in [1.807, 2.05) is 6.92 Å². The van der Waals surface area contributed by atoms with E-state index < -0.39 is 0 Å². The van der Waals surface area contributed by atoms with Crippen LogP contribution in [0.2, 0.25) is 0 Å². The Bertz CT molecular complexity index is 867. The first-order valence-corrected chi connectivity index (χ1v) is 8.14. The number of rotatable bonds is 3. The minimum absolute atomic E-state index is 0.0645. The van der Waals surface area contributed by atoms with Gasteiger partial charge in [0.25, 0.3) is 0 Å². The lowest BCUT2D eigenvalue weighted by Crippen LogP contribution is -2.11. The molecule has 22 heavy (non-hydrogen) atoms. The molecule has 7 heteroatoms. The van der Waals surface area contributed by atoms with Crippen LogP contribution in [0.4, 0.5) is 0 Å². The van der Waals surface area contributed by atoms with Crippen LogP contribution < -0.4 is 0 Å². The minimum Gasteiger partial charge on any atom is -0.506 e. The van der Waals surface area contributed by atoms with E-state index in [2.05, 4.69) is 41.9 Å². The Morgan fingerprint density at radius 3 is 2.64 bits per heavy atom. The molecule has 1 aromatic carbocycles. The number of benzene rings is 1. The van der Waals surface area contributed by atoms with Crippen molar-refractivity contribution in [1.29, 1.82) is 0 Å². The van der Waals surface area contributed by atoms with Crippen molar-refractivity contribution >= 4 is 48.5 Å². The molecule has 0 aliphatic heterocycles. The van der Waals surface area contributed by atoms with Crippen LogP contribution in [-0.4, -0.2) is 25.7 Å². The summed E-state index contributed by atoms with van der Waals surface area (Å²) in [6, 6.07) is 4.98. The molecule has 0 aliphatic rings. The van der Waals surface area contributed by atoms with Crippen LogP contribution >= 0.6 is 31.9 Å². The van der Waals surface area contributed by atoms with E-state index in [0.29, 0.717) is 32.3 Å². The van der Waals surface area contributed by atoms with Crippen LogP contribution in [0.15, 0.2) is 39.5 Å². The number of hydrogen-bond acceptors (Lipinski definition) is 4. The first-order valence-electron chi connectivity index (χ1n) is 6.56. The second-order valence-electron chi connectivity index (χ2n) is 4.67. The van der Waals surface area contributed by atoms with Crippen molar-refractivity contribution in [3.05, 3.63) is 50.8 Å². The summed E-state index contributed by atoms with van der Waals surface area (Å²) in [5.41, 5.74) is 1.67. The number of aromatic nitrogens is 3. The summed E-state index contributed by atoms with van der Waals surface area (Å²) >= 11 is 6.50. The fourth-order valence-corrected chi connectivity index (χ4v) is 3.47. The molecular formula is C15H11Br2N3O2. The summed E-state index contributed by atoms with van der Waals surface area (Å²) in [6.07, 6.45) is 3.28. The van der Waals surface area contributed by atoms with Gasteiger partial charge in [0.2, 0.25) is 5.78 Å². The Morgan fingerprint density at radius 2 is 2.00 bits per heavy atom. The highest BCUT2D eigenvalue weighted by atomic mass is 79.9. The maximum absolute atomic E-state index is 12.9. The van der Waals surface area contributed by atoms with Crippen LogP contribution in [0.1, 0.15) is 23.0 Å². The minimum atomic E-state index is -0.156. The second-order valence-corrected chi connectivity index (χ2v) is 6.38. The van der Waals surface area contributed by atoms with Gasteiger partial charge in [0.15, 0.2) is 0 Å². The zero-order chi connectivity index (χ0) is 15.9. The third-order valence-corrected chi connectivity index (χ3v) is 4.54. The lowest BCUT2D eigenvalue weighted by Gasteiger charge is -2.07. The number of aromatic hydroxyl groups is 1. The van der Waals surface area contributed by atoms with Crippen LogP contribution in [0, 0.1) is 0 Å². The van der Waals surface area contributed by atoms with Crippen molar-refractivity contribution in [2.75, 3.05) is 0 Å². The number of phenols is 1. The highest BCUT2D eigenvalue weighted by Gasteiger charge is 2.21. The molecule has 0 aliphatic carbocycles. The number of aryl methyl sites for hydroxylation is 1. The average Bonchev–Trinajstić information content (AvgIpc) is 2.89. The van der Waals surface area contributed by atoms with E-state index >= 15 is 0 Å². The van der Waals surface area contributed by atoms with Crippen molar-refractivity contribution < 1.29 is 9.90 Å². The maximum atomic E-state index is 12.9. The summed E-state index contributed by atoms with van der Waals surface area (Å²) < 4.78 is 2.58. The monoisotopic (exact) mass is 423 g/mol. The third-order valence-electron chi connectivity index (χ3n) is 3.34. The van der Waals surface area contributed by atoms with Gasteiger partial charge in [-0.25, -0.2) is 0 Å². The molecule has 3 aromatic rings. The standard InChI is InChI=1S/C15H11Br2N3O2/c1-2-20-13(9-3-4-18-7-12(9)19-20)14(21)8-5-10(16)15(22)11(17)6-8/h3-7,22H,2H2,1H3. The molecule has 3 rings (SSSR count). The van der Waals surface area contributed by atoms with E-state index in [1.165, 1.54) is 0 Å². The number of carbonyl (C=O) groups excluding carboxylic acids is 1. The molecule has 1 N–H and O–H groups in total. The molecule has 2 aromatic heterocycles. The van der Waals surface area contributed by atoms with E-state index in [1.54, 1.807) is 35.3 Å². The molecule has 112 valence electrons. The van der Waals surface area contributed by atoms with Gasteiger partial charge >= 0.3 is 0 Å². The fourth-order valence-electron chi connectivity index (χ4n) is 2.29. The smallest absolute Gasteiger partial charge is 0.211 e. The predicted octanol–water partition coefficient (Wildman–Crippen LogP) is 3.91. The SMILES string of the molecule is CCn1nc2cnccc2c1C(=O)c1cc(Br)c(O)c(Br)c1. The average molecular weight is 425 g/mol. The molecule has 0 saturated heterocycles. The maximum Gasteiger partial charge on any atom is 0.211 e. The van der Waals surface area contributed by atoms with Gasteiger partial charge in [0, 0.05) is 23.7 Å². The van der Waals surface area contributed by atoms with Crippen molar-refractivity contribution in [3.63, 3.8) is 0 Å². The number of halogens is 2. The van der Waals surface area contributed by atoms with Crippen LogP contribution in [0.5, 0.6) is 5.75 Å². The molecule has 0 amide bonds. The van der Waals surface area contributed by atoms with E-state index in [4.69, 9.17) is 0 Å².